The Balaban J connectivity index is 1.68. The number of hydrogen-bond donors (Lipinski definition) is 1. The largest absolute Gasteiger partial charge is 0.464 e. The molecule has 1 N–H and O–H groups in total. The van der Waals surface area contributed by atoms with Crippen molar-refractivity contribution in [3.05, 3.63) is 35.9 Å². The molecule has 2 unspecified atom stereocenters. The maximum Gasteiger partial charge on any atom is 0.338 e. The number of hydrogen-bond acceptors (Lipinski definition) is 5. The van der Waals surface area contributed by atoms with E-state index >= 15 is 0 Å². The van der Waals surface area contributed by atoms with E-state index in [0.29, 0.717) is 19.3 Å². The summed E-state index contributed by atoms with van der Waals surface area (Å²) < 4.78 is 10.2. The van der Waals surface area contributed by atoms with E-state index in [9.17, 15) is 14.7 Å². The molecule has 0 bridgehead atoms. The first-order chi connectivity index (χ1) is 11.1. The van der Waals surface area contributed by atoms with Crippen LogP contribution in [0.1, 0.15) is 38.2 Å². The lowest BCUT2D eigenvalue weighted by atomic mass is 9.96. The lowest BCUT2D eigenvalue weighted by Crippen LogP contribution is -2.27. The number of esters is 1. The van der Waals surface area contributed by atoms with E-state index in [-0.39, 0.29) is 19.0 Å². The van der Waals surface area contributed by atoms with Gasteiger partial charge in [0.1, 0.15) is 11.4 Å². The predicted octanol–water partition coefficient (Wildman–Crippen LogP) is 2.05. The van der Waals surface area contributed by atoms with Gasteiger partial charge in [-0.2, -0.15) is 0 Å². The van der Waals surface area contributed by atoms with Gasteiger partial charge in [-0.1, -0.05) is 30.3 Å². The molecule has 0 spiro atoms. The molecular formula is C18H24O5. The summed E-state index contributed by atoms with van der Waals surface area (Å²) in [6.45, 7) is 1.73. The average molecular weight is 320 g/mol. The average Bonchev–Trinajstić information content (AvgIpc) is 3.30. The summed E-state index contributed by atoms with van der Waals surface area (Å²) in [7, 11) is 0. The van der Waals surface area contributed by atoms with Crippen LogP contribution in [-0.2, 0) is 25.5 Å². The van der Waals surface area contributed by atoms with E-state index in [2.05, 4.69) is 0 Å². The molecule has 1 aliphatic rings. The fourth-order valence-corrected chi connectivity index (χ4v) is 2.68. The molecular weight excluding hydrogens is 296 g/mol. The van der Waals surface area contributed by atoms with Crippen molar-refractivity contribution in [2.24, 2.45) is 0 Å². The first-order valence-corrected chi connectivity index (χ1v) is 8.12. The molecule has 0 saturated carbocycles. The summed E-state index contributed by atoms with van der Waals surface area (Å²) >= 11 is 0. The fourth-order valence-electron chi connectivity index (χ4n) is 2.68. The summed E-state index contributed by atoms with van der Waals surface area (Å²) in [5, 5.41) is 9.44. The Labute approximate surface area is 136 Å². The lowest BCUT2D eigenvalue weighted by Gasteiger charge is -2.09. The van der Waals surface area contributed by atoms with Gasteiger partial charge in [0, 0.05) is 12.8 Å². The van der Waals surface area contributed by atoms with Crippen LogP contribution in [0.3, 0.4) is 0 Å². The van der Waals surface area contributed by atoms with Crippen molar-refractivity contribution in [1.29, 1.82) is 0 Å². The molecule has 2 rings (SSSR count). The Morgan fingerprint density at radius 2 is 2.00 bits per heavy atom. The van der Waals surface area contributed by atoms with Crippen LogP contribution in [-0.4, -0.2) is 41.8 Å². The number of aryl methyl sites for hydroxylation is 1. The van der Waals surface area contributed by atoms with Crippen molar-refractivity contribution in [1.82, 2.24) is 0 Å². The first-order valence-electron chi connectivity index (χ1n) is 8.12. The van der Waals surface area contributed by atoms with Crippen LogP contribution in [0.4, 0.5) is 0 Å². The number of carbonyl (C=O) groups is 2. The van der Waals surface area contributed by atoms with Gasteiger partial charge in [0.2, 0.25) is 0 Å². The minimum atomic E-state index is -0.915. The minimum Gasteiger partial charge on any atom is -0.464 e. The number of aliphatic hydroxyl groups is 1. The van der Waals surface area contributed by atoms with Crippen LogP contribution >= 0.6 is 0 Å². The molecule has 1 saturated heterocycles. The SMILES string of the molecule is CCOC(=O)C1OC1(CO)CCC(=O)CCCc1ccccc1. The zero-order valence-corrected chi connectivity index (χ0v) is 13.5. The second-order valence-corrected chi connectivity index (χ2v) is 5.85. The van der Waals surface area contributed by atoms with Crippen molar-refractivity contribution in [2.45, 2.75) is 50.7 Å². The van der Waals surface area contributed by atoms with Gasteiger partial charge in [-0.15, -0.1) is 0 Å². The van der Waals surface area contributed by atoms with Crippen molar-refractivity contribution in [3.63, 3.8) is 0 Å². The highest BCUT2D eigenvalue weighted by Gasteiger charge is 2.61. The highest BCUT2D eigenvalue weighted by Crippen LogP contribution is 2.41. The molecule has 1 aliphatic heterocycles. The van der Waals surface area contributed by atoms with Crippen LogP contribution in [0.25, 0.3) is 0 Å². The van der Waals surface area contributed by atoms with Crippen molar-refractivity contribution in [2.75, 3.05) is 13.2 Å². The van der Waals surface area contributed by atoms with Crippen LogP contribution < -0.4 is 0 Å². The van der Waals surface area contributed by atoms with E-state index in [0.717, 1.165) is 12.8 Å². The van der Waals surface area contributed by atoms with Gasteiger partial charge in [0.15, 0.2) is 6.10 Å². The van der Waals surface area contributed by atoms with E-state index in [1.165, 1.54) is 5.56 Å². The first kappa shape index (κ1) is 17.6. The van der Waals surface area contributed by atoms with Gasteiger partial charge in [-0.25, -0.2) is 4.79 Å². The Morgan fingerprint density at radius 3 is 2.65 bits per heavy atom. The quantitative estimate of drug-likeness (QED) is 0.527. The molecule has 1 heterocycles. The maximum atomic E-state index is 12.0. The third-order valence-electron chi connectivity index (χ3n) is 4.13. The molecule has 0 radical (unpaired) electrons. The molecule has 1 aromatic carbocycles. The van der Waals surface area contributed by atoms with E-state index in [4.69, 9.17) is 9.47 Å². The summed E-state index contributed by atoms with van der Waals surface area (Å²) in [5.74, 6) is -0.329. The molecule has 126 valence electrons. The number of Topliss-reactive ketones (excluding diaryl/α,β-unsaturated/α-hetero) is 1. The molecule has 5 heteroatoms. The van der Waals surface area contributed by atoms with E-state index in [1.54, 1.807) is 6.92 Å². The zero-order chi connectivity index (χ0) is 16.7. The van der Waals surface area contributed by atoms with Crippen LogP contribution in [0.15, 0.2) is 30.3 Å². The van der Waals surface area contributed by atoms with Crippen molar-refractivity contribution < 1.29 is 24.2 Å². The van der Waals surface area contributed by atoms with Gasteiger partial charge < -0.3 is 14.6 Å². The number of rotatable bonds is 10. The van der Waals surface area contributed by atoms with Gasteiger partial charge in [-0.3, -0.25) is 4.79 Å². The molecule has 5 nitrogen and oxygen atoms in total. The number of epoxide rings is 1. The molecule has 0 amide bonds. The third kappa shape index (κ3) is 4.88. The highest BCUT2D eigenvalue weighted by atomic mass is 16.7. The normalized spacial score (nSPS) is 22.6. The number of ether oxygens (including phenoxy) is 2. The monoisotopic (exact) mass is 320 g/mol. The number of aliphatic hydroxyl groups excluding tert-OH is 1. The maximum absolute atomic E-state index is 12.0. The van der Waals surface area contributed by atoms with E-state index < -0.39 is 17.7 Å². The standard InChI is InChI=1S/C18H24O5/c1-2-22-17(21)16-18(13-19,23-16)12-11-15(20)10-6-9-14-7-4-3-5-8-14/h3-5,7-8,16,19H,2,6,9-13H2,1H3. The molecule has 0 aromatic heterocycles. The molecule has 23 heavy (non-hydrogen) atoms. The zero-order valence-electron chi connectivity index (χ0n) is 13.5. The van der Waals surface area contributed by atoms with Gasteiger partial charge in [-0.05, 0) is 31.7 Å². The second kappa shape index (κ2) is 8.22. The van der Waals surface area contributed by atoms with Gasteiger partial charge >= 0.3 is 5.97 Å². The van der Waals surface area contributed by atoms with E-state index in [1.807, 2.05) is 30.3 Å². The molecule has 1 aromatic rings. The Hall–Kier alpha value is -1.72. The molecule has 1 fully saturated rings. The Morgan fingerprint density at radius 1 is 1.26 bits per heavy atom. The van der Waals surface area contributed by atoms with Crippen molar-refractivity contribution >= 4 is 11.8 Å². The molecule has 2 atom stereocenters. The number of carbonyl (C=O) groups excluding carboxylic acids is 2. The third-order valence-corrected chi connectivity index (χ3v) is 4.13. The minimum absolute atomic E-state index is 0.131. The van der Waals surface area contributed by atoms with Gasteiger partial charge in [0.05, 0.1) is 13.2 Å². The summed E-state index contributed by atoms with van der Waals surface area (Å²) in [6.07, 6.45) is 2.12. The Bertz CT molecular complexity index is 527. The second-order valence-electron chi connectivity index (χ2n) is 5.85. The fraction of sp³-hybridized carbons (Fsp3) is 0.556. The lowest BCUT2D eigenvalue weighted by molar-refractivity contribution is -0.144. The summed E-state index contributed by atoms with van der Waals surface area (Å²) in [5.41, 5.74) is 0.307. The number of ketones is 1. The van der Waals surface area contributed by atoms with Crippen LogP contribution in [0, 0.1) is 0 Å². The summed E-state index contributed by atoms with van der Waals surface area (Å²) in [6, 6.07) is 10.0. The smallest absolute Gasteiger partial charge is 0.338 e. The Kier molecular flexibility index (Phi) is 6.30. The number of benzene rings is 1. The topological polar surface area (TPSA) is 76.1 Å². The van der Waals surface area contributed by atoms with Gasteiger partial charge in [0.25, 0.3) is 0 Å². The predicted molar refractivity (Wildman–Crippen MR) is 84.9 cm³/mol. The highest BCUT2D eigenvalue weighted by molar-refractivity contribution is 5.81. The summed E-state index contributed by atoms with van der Waals surface area (Å²) in [4.78, 5) is 23.6. The van der Waals surface area contributed by atoms with Crippen LogP contribution in [0.5, 0.6) is 0 Å². The molecule has 0 aliphatic carbocycles. The van der Waals surface area contributed by atoms with Crippen LogP contribution in [0.2, 0.25) is 0 Å². The van der Waals surface area contributed by atoms with Crippen molar-refractivity contribution in [3.8, 4) is 0 Å².